The molecule has 0 saturated carbocycles. The third kappa shape index (κ3) is 3.76. The summed E-state index contributed by atoms with van der Waals surface area (Å²) in [6.45, 7) is 1.85. The molecule has 0 atom stereocenters. The predicted octanol–water partition coefficient (Wildman–Crippen LogP) is 1.06. The highest BCUT2D eigenvalue weighted by Crippen LogP contribution is 2.16. The van der Waals surface area contributed by atoms with Crippen LogP contribution < -0.4 is 11.1 Å². The average molecular weight is 276 g/mol. The molecule has 0 aliphatic carbocycles. The lowest BCUT2D eigenvalue weighted by atomic mass is 10.1. The molecule has 20 heavy (non-hydrogen) atoms. The van der Waals surface area contributed by atoms with E-state index in [0.29, 0.717) is 5.69 Å². The zero-order valence-electron chi connectivity index (χ0n) is 11.1. The molecule has 1 aliphatic heterocycles. The maximum Gasteiger partial charge on any atom is 0.238 e. The fourth-order valence-corrected chi connectivity index (χ4v) is 2.22. The van der Waals surface area contributed by atoms with Gasteiger partial charge in [0.15, 0.2) is 0 Å². The van der Waals surface area contributed by atoms with Crippen molar-refractivity contribution in [2.75, 3.05) is 25.0 Å². The number of amides is 1. The molecule has 0 bridgehead atoms. The van der Waals surface area contributed by atoms with Gasteiger partial charge in [0.1, 0.15) is 11.9 Å². The van der Waals surface area contributed by atoms with Gasteiger partial charge in [-0.15, -0.1) is 0 Å². The topological polar surface area (TPSA) is 82.2 Å². The van der Waals surface area contributed by atoms with Crippen LogP contribution in [-0.4, -0.2) is 36.5 Å². The van der Waals surface area contributed by atoms with Gasteiger partial charge in [-0.05, 0) is 31.0 Å². The lowest BCUT2D eigenvalue weighted by Gasteiger charge is -2.29. The molecule has 1 aromatic carbocycles. The number of nitrogens with one attached hydrogen (secondary N) is 1. The second-order valence-electron chi connectivity index (χ2n) is 4.96. The monoisotopic (exact) mass is 276 g/mol. The molecule has 0 spiro atoms. The van der Waals surface area contributed by atoms with Gasteiger partial charge in [-0.2, -0.15) is 5.26 Å². The van der Waals surface area contributed by atoms with Gasteiger partial charge >= 0.3 is 0 Å². The Bertz CT molecular complexity index is 532. The van der Waals surface area contributed by atoms with Crippen LogP contribution in [0.15, 0.2) is 18.2 Å². The van der Waals surface area contributed by atoms with E-state index in [9.17, 15) is 9.18 Å². The summed E-state index contributed by atoms with van der Waals surface area (Å²) in [6, 6.07) is 5.81. The van der Waals surface area contributed by atoms with Gasteiger partial charge < -0.3 is 11.1 Å². The van der Waals surface area contributed by atoms with Crippen LogP contribution in [0.1, 0.15) is 18.4 Å². The van der Waals surface area contributed by atoms with E-state index in [1.165, 1.54) is 12.1 Å². The van der Waals surface area contributed by atoms with Crippen LogP contribution in [0.25, 0.3) is 0 Å². The third-order valence-corrected chi connectivity index (χ3v) is 3.38. The van der Waals surface area contributed by atoms with Gasteiger partial charge in [0, 0.05) is 19.1 Å². The number of likely N-dealkylation sites (tertiary alicyclic amines) is 1. The van der Waals surface area contributed by atoms with Crippen molar-refractivity contribution in [3.63, 3.8) is 0 Å². The fourth-order valence-electron chi connectivity index (χ4n) is 2.22. The van der Waals surface area contributed by atoms with Crippen molar-refractivity contribution in [1.29, 1.82) is 5.26 Å². The minimum Gasteiger partial charge on any atom is -0.328 e. The molecule has 1 heterocycles. The van der Waals surface area contributed by atoms with E-state index < -0.39 is 5.82 Å². The summed E-state index contributed by atoms with van der Waals surface area (Å²) in [7, 11) is 0. The van der Waals surface area contributed by atoms with Crippen molar-refractivity contribution in [3.8, 4) is 6.07 Å². The van der Waals surface area contributed by atoms with Crippen molar-refractivity contribution in [2.24, 2.45) is 5.73 Å². The van der Waals surface area contributed by atoms with E-state index >= 15 is 0 Å². The molecule has 106 valence electrons. The molecule has 5 nitrogen and oxygen atoms in total. The van der Waals surface area contributed by atoms with Crippen LogP contribution in [0.3, 0.4) is 0 Å². The number of halogens is 1. The lowest BCUT2D eigenvalue weighted by Crippen LogP contribution is -2.43. The first-order valence-corrected chi connectivity index (χ1v) is 6.56. The summed E-state index contributed by atoms with van der Waals surface area (Å²) in [4.78, 5) is 14.0. The Hall–Kier alpha value is -1.97. The number of rotatable bonds is 3. The Labute approximate surface area is 117 Å². The predicted molar refractivity (Wildman–Crippen MR) is 73.4 cm³/mol. The number of hydrogen-bond donors (Lipinski definition) is 2. The summed E-state index contributed by atoms with van der Waals surface area (Å²) in [6.07, 6.45) is 1.76. The summed E-state index contributed by atoms with van der Waals surface area (Å²) >= 11 is 0. The molecular weight excluding hydrogens is 259 g/mol. The second kappa shape index (κ2) is 6.46. The average Bonchev–Trinajstić information content (AvgIpc) is 2.43. The normalized spacial score (nSPS) is 16.6. The lowest BCUT2D eigenvalue weighted by molar-refractivity contribution is -0.117. The van der Waals surface area contributed by atoms with Crippen molar-refractivity contribution in [2.45, 2.75) is 18.9 Å². The fraction of sp³-hybridized carbons (Fsp3) is 0.429. The van der Waals surface area contributed by atoms with Gasteiger partial charge in [0.25, 0.3) is 0 Å². The van der Waals surface area contributed by atoms with E-state index in [4.69, 9.17) is 11.0 Å². The van der Waals surface area contributed by atoms with E-state index in [-0.39, 0.29) is 24.1 Å². The molecule has 3 N–H and O–H groups in total. The van der Waals surface area contributed by atoms with Crippen molar-refractivity contribution < 1.29 is 9.18 Å². The minimum atomic E-state index is -0.496. The number of piperidine rings is 1. The van der Waals surface area contributed by atoms with Crippen molar-refractivity contribution >= 4 is 11.6 Å². The molecule has 1 fully saturated rings. The molecule has 2 rings (SSSR count). The van der Waals surface area contributed by atoms with Gasteiger partial charge in [-0.3, -0.25) is 9.69 Å². The Morgan fingerprint density at radius 1 is 1.50 bits per heavy atom. The summed E-state index contributed by atoms with van der Waals surface area (Å²) in [5.41, 5.74) is 6.27. The molecule has 1 amide bonds. The van der Waals surface area contributed by atoms with E-state index in [0.717, 1.165) is 32.0 Å². The number of nitrogens with two attached hydrogens (primary N) is 1. The maximum absolute atomic E-state index is 13.0. The van der Waals surface area contributed by atoms with Crippen LogP contribution in [0.2, 0.25) is 0 Å². The van der Waals surface area contributed by atoms with E-state index in [1.807, 2.05) is 11.0 Å². The smallest absolute Gasteiger partial charge is 0.238 e. The summed E-state index contributed by atoms with van der Waals surface area (Å²) in [5, 5.41) is 11.6. The highest BCUT2D eigenvalue weighted by Gasteiger charge is 2.18. The Balaban J connectivity index is 1.93. The number of nitrogens with zero attached hydrogens (tertiary/aromatic N) is 2. The maximum atomic E-state index is 13.0. The number of carbonyl (C=O) groups is 1. The van der Waals surface area contributed by atoms with E-state index in [2.05, 4.69) is 5.32 Å². The molecule has 6 heteroatoms. The van der Waals surface area contributed by atoms with Crippen LogP contribution in [0.4, 0.5) is 10.1 Å². The Morgan fingerprint density at radius 2 is 2.20 bits per heavy atom. The third-order valence-electron chi connectivity index (χ3n) is 3.38. The molecule has 1 aromatic rings. The Morgan fingerprint density at radius 3 is 2.85 bits per heavy atom. The van der Waals surface area contributed by atoms with Crippen molar-refractivity contribution in [1.82, 2.24) is 4.90 Å². The first kappa shape index (κ1) is 14.4. The highest BCUT2D eigenvalue weighted by molar-refractivity contribution is 5.93. The summed E-state index contributed by atoms with van der Waals surface area (Å²) in [5.74, 6) is -0.701. The SMILES string of the molecule is N#Cc1cc(F)ccc1NC(=O)CN1CCC(N)CC1. The number of nitriles is 1. The number of carbonyl (C=O) groups excluding carboxylic acids is 1. The van der Waals surface area contributed by atoms with Crippen LogP contribution in [0, 0.1) is 17.1 Å². The van der Waals surface area contributed by atoms with Crippen LogP contribution in [-0.2, 0) is 4.79 Å². The molecule has 1 saturated heterocycles. The van der Waals surface area contributed by atoms with Crippen LogP contribution in [0.5, 0.6) is 0 Å². The highest BCUT2D eigenvalue weighted by atomic mass is 19.1. The minimum absolute atomic E-state index is 0.124. The molecule has 0 radical (unpaired) electrons. The standard InChI is InChI=1S/C14H17FN4O/c15-11-1-2-13(10(7-11)8-16)18-14(20)9-19-5-3-12(17)4-6-19/h1-2,7,12H,3-6,9,17H2,(H,18,20). The zero-order chi connectivity index (χ0) is 14.5. The van der Waals surface area contributed by atoms with Crippen molar-refractivity contribution in [3.05, 3.63) is 29.6 Å². The van der Waals surface area contributed by atoms with E-state index in [1.54, 1.807) is 0 Å². The quantitative estimate of drug-likeness (QED) is 0.864. The largest absolute Gasteiger partial charge is 0.328 e. The first-order valence-electron chi connectivity index (χ1n) is 6.56. The zero-order valence-corrected chi connectivity index (χ0v) is 11.1. The van der Waals surface area contributed by atoms with Gasteiger partial charge in [-0.1, -0.05) is 0 Å². The van der Waals surface area contributed by atoms with Gasteiger partial charge in [-0.25, -0.2) is 4.39 Å². The number of hydrogen-bond acceptors (Lipinski definition) is 4. The number of anilines is 1. The molecular formula is C14H17FN4O. The Kier molecular flexibility index (Phi) is 4.66. The first-order chi connectivity index (χ1) is 9.58. The second-order valence-corrected chi connectivity index (χ2v) is 4.96. The molecule has 0 aromatic heterocycles. The summed E-state index contributed by atoms with van der Waals surface area (Å²) < 4.78 is 13.0. The van der Waals surface area contributed by atoms with Crippen LogP contribution >= 0.6 is 0 Å². The van der Waals surface area contributed by atoms with Gasteiger partial charge in [0.05, 0.1) is 17.8 Å². The van der Waals surface area contributed by atoms with Gasteiger partial charge in [0.2, 0.25) is 5.91 Å². The number of benzene rings is 1. The molecule has 0 unspecified atom stereocenters. The molecule has 1 aliphatic rings.